The van der Waals surface area contributed by atoms with Gasteiger partial charge in [0.1, 0.15) is 5.75 Å². The van der Waals surface area contributed by atoms with Crippen LogP contribution in [0.2, 0.25) is 0 Å². The summed E-state index contributed by atoms with van der Waals surface area (Å²) in [6.45, 7) is 3.03. The molecule has 1 fully saturated rings. The van der Waals surface area contributed by atoms with E-state index in [2.05, 4.69) is 39.8 Å². The number of benzene rings is 2. The molecule has 1 heterocycles. The van der Waals surface area contributed by atoms with Gasteiger partial charge in [0, 0.05) is 25.7 Å². The molecule has 1 aliphatic heterocycles. The standard InChI is InChI=1S/C22H27N3O2S/c1-27-20-9-7-17(8-10-20)15-21(26)24-22(28)23-19-11-13-25(14-12-19)16-18-5-3-2-4-6-18/h2-10,19H,11-16H2,1H3,(H2,23,24,26,28). The van der Waals surface area contributed by atoms with Gasteiger partial charge in [-0.1, -0.05) is 42.5 Å². The molecule has 2 aromatic rings. The maximum absolute atomic E-state index is 12.2. The van der Waals surface area contributed by atoms with E-state index in [1.807, 2.05) is 30.3 Å². The molecule has 3 rings (SSSR count). The highest BCUT2D eigenvalue weighted by Crippen LogP contribution is 2.14. The van der Waals surface area contributed by atoms with Crippen LogP contribution < -0.4 is 15.4 Å². The Hall–Kier alpha value is -2.44. The summed E-state index contributed by atoms with van der Waals surface area (Å²) in [5, 5.41) is 6.50. The first-order valence-corrected chi connectivity index (χ1v) is 10.0. The molecular formula is C22H27N3O2S. The van der Waals surface area contributed by atoms with E-state index in [1.165, 1.54) is 5.56 Å². The topological polar surface area (TPSA) is 53.6 Å². The first-order chi connectivity index (χ1) is 13.6. The summed E-state index contributed by atoms with van der Waals surface area (Å²) in [4.78, 5) is 14.7. The zero-order valence-electron chi connectivity index (χ0n) is 16.2. The molecule has 0 spiro atoms. The van der Waals surface area contributed by atoms with E-state index in [9.17, 15) is 4.79 Å². The van der Waals surface area contributed by atoms with Crippen LogP contribution in [0.3, 0.4) is 0 Å². The molecule has 1 amide bonds. The smallest absolute Gasteiger partial charge is 0.230 e. The van der Waals surface area contributed by atoms with Gasteiger partial charge < -0.3 is 15.4 Å². The van der Waals surface area contributed by atoms with Gasteiger partial charge in [0.2, 0.25) is 5.91 Å². The summed E-state index contributed by atoms with van der Waals surface area (Å²) in [6.07, 6.45) is 2.32. The highest BCUT2D eigenvalue weighted by Gasteiger charge is 2.20. The third kappa shape index (κ3) is 6.32. The predicted molar refractivity (Wildman–Crippen MR) is 115 cm³/mol. The third-order valence-electron chi connectivity index (χ3n) is 4.95. The van der Waals surface area contributed by atoms with Crippen molar-refractivity contribution < 1.29 is 9.53 Å². The molecule has 148 valence electrons. The lowest BCUT2D eigenvalue weighted by Gasteiger charge is -2.32. The molecule has 0 bridgehead atoms. The number of carbonyl (C=O) groups excluding carboxylic acids is 1. The van der Waals surface area contributed by atoms with Crippen molar-refractivity contribution in [2.24, 2.45) is 0 Å². The van der Waals surface area contributed by atoms with Crippen LogP contribution in [0.15, 0.2) is 54.6 Å². The van der Waals surface area contributed by atoms with Crippen molar-refractivity contribution in [1.82, 2.24) is 15.5 Å². The first-order valence-electron chi connectivity index (χ1n) is 9.62. The number of hydrogen-bond acceptors (Lipinski definition) is 4. The third-order valence-corrected chi connectivity index (χ3v) is 5.17. The fourth-order valence-electron chi connectivity index (χ4n) is 3.40. The number of rotatable bonds is 6. The normalized spacial score (nSPS) is 15.0. The van der Waals surface area contributed by atoms with E-state index >= 15 is 0 Å². The van der Waals surface area contributed by atoms with E-state index in [4.69, 9.17) is 17.0 Å². The Labute approximate surface area is 172 Å². The number of carbonyl (C=O) groups is 1. The van der Waals surface area contributed by atoms with Crippen molar-refractivity contribution in [3.63, 3.8) is 0 Å². The van der Waals surface area contributed by atoms with Crippen molar-refractivity contribution >= 4 is 23.2 Å². The van der Waals surface area contributed by atoms with E-state index in [0.29, 0.717) is 17.6 Å². The van der Waals surface area contributed by atoms with Crippen LogP contribution in [0.4, 0.5) is 0 Å². The first kappa shape index (κ1) is 20.3. The molecule has 6 heteroatoms. The highest BCUT2D eigenvalue weighted by molar-refractivity contribution is 7.80. The molecule has 0 saturated carbocycles. The minimum Gasteiger partial charge on any atom is -0.497 e. The number of methoxy groups -OCH3 is 1. The average Bonchev–Trinajstić information content (AvgIpc) is 2.70. The largest absolute Gasteiger partial charge is 0.497 e. The van der Waals surface area contributed by atoms with Gasteiger partial charge in [-0.05, 0) is 48.3 Å². The molecule has 0 unspecified atom stereocenters. The summed E-state index contributed by atoms with van der Waals surface area (Å²) in [5.74, 6) is 0.670. The second-order valence-corrected chi connectivity index (χ2v) is 7.49. The maximum atomic E-state index is 12.2. The zero-order chi connectivity index (χ0) is 19.8. The predicted octanol–water partition coefficient (Wildman–Crippen LogP) is 2.89. The molecule has 1 aliphatic rings. The quantitative estimate of drug-likeness (QED) is 0.734. The zero-order valence-corrected chi connectivity index (χ0v) is 17.0. The van der Waals surface area contributed by atoms with Crippen LogP contribution in [-0.2, 0) is 17.8 Å². The fourth-order valence-corrected chi connectivity index (χ4v) is 3.68. The van der Waals surface area contributed by atoms with E-state index < -0.39 is 0 Å². The van der Waals surface area contributed by atoms with Crippen molar-refractivity contribution in [2.75, 3.05) is 20.2 Å². The van der Waals surface area contributed by atoms with E-state index in [0.717, 1.165) is 43.8 Å². The molecule has 0 atom stereocenters. The molecule has 0 aliphatic carbocycles. The number of amides is 1. The lowest BCUT2D eigenvalue weighted by Crippen LogP contribution is -2.49. The number of nitrogens with zero attached hydrogens (tertiary/aromatic N) is 1. The Morgan fingerprint density at radius 2 is 1.75 bits per heavy atom. The van der Waals surface area contributed by atoms with Crippen LogP contribution in [0.25, 0.3) is 0 Å². The minimum atomic E-state index is -0.107. The van der Waals surface area contributed by atoms with E-state index in [1.54, 1.807) is 7.11 Å². The Bertz CT molecular complexity index is 772. The van der Waals surface area contributed by atoms with Crippen LogP contribution in [-0.4, -0.2) is 42.2 Å². The highest BCUT2D eigenvalue weighted by atomic mass is 32.1. The van der Waals surface area contributed by atoms with Crippen molar-refractivity contribution in [2.45, 2.75) is 31.8 Å². The van der Waals surface area contributed by atoms with Gasteiger partial charge in [0.05, 0.1) is 13.5 Å². The summed E-state index contributed by atoms with van der Waals surface area (Å²) in [6, 6.07) is 18.3. The SMILES string of the molecule is COc1ccc(CC(=O)NC(=S)NC2CCN(Cc3ccccc3)CC2)cc1. The fraction of sp³-hybridized carbons (Fsp3) is 0.364. The van der Waals surface area contributed by atoms with Crippen molar-refractivity contribution in [1.29, 1.82) is 0 Å². The van der Waals surface area contributed by atoms with Crippen LogP contribution in [0, 0.1) is 0 Å². The van der Waals surface area contributed by atoms with Gasteiger partial charge in [-0.25, -0.2) is 0 Å². The van der Waals surface area contributed by atoms with Crippen molar-refractivity contribution in [3.05, 3.63) is 65.7 Å². The number of nitrogens with one attached hydrogen (secondary N) is 2. The molecule has 0 aromatic heterocycles. The molecule has 2 N–H and O–H groups in total. The summed E-state index contributed by atoms with van der Waals surface area (Å²) < 4.78 is 5.13. The van der Waals surface area contributed by atoms with Gasteiger partial charge in [-0.2, -0.15) is 0 Å². The van der Waals surface area contributed by atoms with Gasteiger partial charge in [-0.3, -0.25) is 9.69 Å². The number of hydrogen-bond donors (Lipinski definition) is 2. The Morgan fingerprint density at radius 3 is 2.39 bits per heavy atom. The molecule has 28 heavy (non-hydrogen) atoms. The van der Waals surface area contributed by atoms with Crippen LogP contribution in [0.5, 0.6) is 5.75 Å². The number of piperidine rings is 1. The van der Waals surface area contributed by atoms with Gasteiger partial charge >= 0.3 is 0 Å². The lowest BCUT2D eigenvalue weighted by atomic mass is 10.0. The summed E-state index contributed by atoms with van der Waals surface area (Å²) >= 11 is 5.32. The number of likely N-dealkylation sites (tertiary alicyclic amines) is 1. The summed E-state index contributed by atoms with van der Waals surface area (Å²) in [5.41, 5.74) is 2.27. The number of thiocarbonyl (C=S) groups is 1. The number of ether oxygens (including phenoxy) is 1. The molecule has 5 nitrogen and oxygen atoms in total. The van der Waals surface area contributed by atoms with Crippen LogP contribution in [0.1, 0.15) is 24.0 Å². The summed E-state index contributed by atoms with van der Waals surface area (Å²) in [7, 11) is 1.62. The molecule has 2 aromatic carbocycles. The Balaban J connectivity index is 1.37. The maximum Gasteiger partial charge on any atom is 0.230 e. The molecule has 1 saturated heterocycles. The van der Waals surface area contributed by atoms with Gasteiger partial charge in [0.25, 0.3) is 0 Å². The average molecular weight is 398 g/mol. The van der Waals surface area contributed by atoms with E-state index in [-0.39, 0.29) is 5.91 Å². The lowest BCUT2D eigenvalue weighted by molar-refractivity contribution is -0.119. The Morgan fingerprint density at radius 1 is 1.07 bits per heavy atom. The Kier molecular flexibility index (Phi) is 7.39. The molecular weight excluding hydrogens is 370 g/mol. The van der Waals surface area contributed by atoms with Gasteiger partial charge in [-0.15, -0.1) is 0 Å². The van der Waals surface area contributed by atoms with Crippen molar-refractivity contribution in [3.8, 4) is 5.75 Å². The minimum absolute atomic E-state index is 0.107. The van der Waals surface area contributed by atoms with Crippen LogP contribution >= 0.6 is 12.2 Å². The molecule has 0 radical (unpaired) electrons. The monoisotopic (exact) mass is 397 g/mol. The second-order valence-electron chi connectivity index (χ2n) is 7.08. The van der Waals surface area contributed by atoms with Gasteiger partial charge in [0.15, 0.2) is 5.11 Å². The second kappa shape index (κ2) is 10.2.